The lowest BCUT2D eigenvalue weighted by atomic mass is 10.1. The number of carbonyl (C=O) groups excluding carboxylic acids is 1. The van der Waals surface area contributed by atoms with Gasteiger partial charge >= 0.3 is 0 Å². The monoisotopic (exact) mass is 310 g/mol. The molecule has 0 saturated carbocycles. The number of ether oxygens (including phenoxy) is 1. The number of benzene rings is 1. The van der Waals surface area contributed by atoms with E-state index in [4.69, 9.17) is 9.84 Å². The maximum atomic E-state index is 14.0. The van der Waals surface area contributed by atoms with E-state index < -0.39 is 5.82 Å². The Labute approximate surface area is 130 Å². The average molecular weight is 310 g/mol. The minimum Gasteiger partial charge on any atom is -0.395 e. The zero-order valence-electron chi connectivity index (χ0n) is 12.9. The van der Waals surface area contributed by atoms with Crippen LogP contribution in [0, 0.1) is 12.7 Å². The molecule has 0 unspecified atom stereocenters. The second-order valence-electron chi connectivity index (χ2n) is 5.45. The van der Waals surface area contributed by atoms with Crippen LogP contribution in [0.1, 0.15) is 15.9 Å². The summed E-state index contributed by atoms with van der Waals surface area (Å²) >= 11 is 0. The van der Waals surface area contributed by atoms with Crippen LogP contribution in [-0.2, 0) is 4.74 Å². The molecule has 0 aliphatic carbocycles. The third kappa shape index (κ3) is 4.50. The van der Waals surface area contributed by atoms with E-state index in [2.05, 4.69) is 4.90 Å². The van der Waals surface area contributed by atoms with Gasteiger partial charge in [-0.1, -0.05) is 6.07 Å². The Balaban J connectivity index is 2.00. The number of nitrogens with zero attached hydrogens (tertiary/aromatic N) is 2. The number of morpholine rings is 1. The van der Waals surface area contributed by atoms with Crippen LogP contribution < -0.4 is 0 Å². The molecule has 5 nitrogen and oxygen atoms in total. The number of carbonyl (C=O) groups is 1. The van der Waals surface area contributed by atoms with Gasteiger partial charge in [0.2, 0.25) is 0 Å². The molecular weight excluding hydrogens is 287 g/mol. The molecule has 122 valence electrons. The van der Waals surface area contributed by atoms with Gasteiger partial charge in [0.05, 0.1) is 25.4 Å². The van der Waals surface area contributed by atoms with Gasteiger partial charge in [0.15, 0.2) is 0 Å². The van der Waals surface area contributed by atoms with E-state index in [1.54, 1.807) is 13.0 Å². The molecule has 1 saturated heterocycles. The lowest BCUT2D eigenvalue weighted by Crippen LogP contribution is -2.44. The van der Waals surface area contributed by atoms with Gasteiger partial charge in [-0.15, -0.1) is 0 Å². The highest BCUT2D eigenvalue weighted by Gasteiger charge is 2.20. The van der Waals surface area contributed by atoms with Gasteiger partial charge in [0.25, 0.3) is 5.91 Å². The van der Waals surface area contributed by atoms with Gasteiger partial charge in [0.1, 0.15) is 5.82 Å². The molecule has 1 heterocycles. The van der Waals surface area contributed by atoms with Crippen LogP contribution in [0.4, 0.5) is 4.39 Å². The number of hydrogen-bond donors (Lipinski definition) is 1. The molecule has 1 N–H and O–H groups in total. The van der Waals surface area contributed by atoms with Crippen molar-refractivity contribution in [2.24, 2.45) is 0 Å². The Morgan fingerprint density at radius 2 is 2.09 bits per heavy atom. The summed E-state index contributed by atoms with van der Waals surface area (Å²) in [7, 11) is 0. The molecule has 1 aromatic carbocycles. The van der Waals surface area contributed by atoms with E-state index >= 15 is 0 Å². The van der Waals surface area contributed by atoms with Crippen molar-refractivity contribution >= 4 is 5.91 Å². The highest BCUT2D eigenvalue weighted by atomic mass is 19.1. The Kier molecular flexibility index (Phi) is 6.30. The normalized spacial score (nSPS) is 15.8. The second-order valence-corrected chi connectivity index (χ2v) is 5.45. The average Bonchev–Trinajstić information content (AvgIpc) is 2.52. The minimum atomic E-state index is -0.515. The molecule has 2 rings (SSSR count). The van der Waals surface area contributed by atoms with Gasteiger partial charge in [-0.25, -0.2) is 4.39 Å². The number of halogens is 1. The number of aryl methyl sites for hydroxylation is 1. The molecule has 0 atom stereocenters. The third-order valence-corrected chi connectivity index (χ3v) is 3.80. The zero-order valence-corrected chi connectivity index (χ0v) is 12.9. The SMILES string of the molecule is Cc1ccc(C(=O)N(CCO)CCN2CCOCC2)c(F)c1. The minimum absolute atomic E-state index is 0.0565. The first kappa shape index (κ1) is 16.9. The summed E-state index contributed by atoms with van der Waals surface area (Å²) in [4.78, 5) is 16.2. The summed E-state index contributed by atoms with van der Waals surface area (Å²) in [5, 5.41) is 9.16. The van der Waals surface area contributed by atoms with Crippen LogP contribution >= 0.6 is 0 Å². The fourth-order valence-electron chi connectivity index (χ4n) is 2.49. The van der Waals surface area contributed by atoms with Gasteiger partial charge in [-0.3, -0.25) is 9.69 Å². The van der Waals surface area contributed by atoms with Crippen molar-refractivity contribution < 1.29 is 19.0 Å². The maximum absolute atomic E-state index is 14.0. The van der Waals surface area contributed by atoms with Crippen molar-refractivity contribution in [2.45, 2.75) is 6.92 Å². The van der Waals surface area contributed by atoms with E-state index in [0.717, 1.165) is 18.7 Å². The quantitative estimate of drug-likeness (QED) is 0.848. The van der Waals surface area contributed by atoms with Gasteiger partial charge in [-0.05, 0) is 24.6 Å². The van der Waals surface area contributed by atoms with Crippen molar-refractivity contribution in [3.8, 4) is 0 Å². The highest BCUT2D eigenvalue weighted by molar-refractivity contribution is 5.94. The van der Waals surface area contributed by atoms with E-state index in [9.17, 15) is 9.18 Å². The number of amides is 1. The van der Waals surface area contributed by atoms with E-state index in [-0.39, 0.29) is 24.6 Å². The molecular formula is C16H23FN2O3. The number of aliphatic hydroxyl groups excluding tert-OH is 1. The molecule has 22 heavy (non-hydrogen) atoms. The van der Waals surface area contributed by atoms with Crippen LogP contribution in [0.2, 0.25) is 0 Å². The molecule has 0 bridgehead atoms. The van der Waals surface area contributed by atoms with Crippen LogP contribution in [0.25, 0.3) is 0 Å². The Bertz CT molecular complexity index is 504. The summed E-state index contributed by atoms with van der Waals surface area (Å²) in [5.74, 6) is -0.890. The molecule has 0 aromatic heterocycles. The highest BCUT2D eigenvalue weighted by Crippen LogP contribution is 2.13. The molecule has 1 aromatic rings. The molecule has 6 heteroatoms. The number of aliphatic hydroxyl groups is 1. The molecule has 1 aliphatic rings. The number of hydrogen-bond acceptors (Lipinski definition) is 4. The first-order valence-corrected chi connectivity index (χ1v) is 7.58. The summed E-state index contributed by atoms with van der Waals surface area (Å²) < 4.78 is 19.2. The zero-order chi connectivity index (χ0) is 15.9. The molecule has 1 fully saturated rings. The standard InChI is InChI=1S/C16H23FN2O3/c1-13-2-3-14(15(17)12-13)16(21)19(6-9-20)5-4-18-7-10-22-11-8-18/h2-3,12,20H,4-11H2,1H3. The Morgan fingerprint density at radius 1 is 1.36 bits per heavy atom. The lowest BCUT2D eigenvalue weighted by Gasteiger charge is -2.30. The van der Waals surface area contributed by atoms with Crippen molar-refractivity contribution in [3.63, 3.8) is 0 Å². The Morgan fingerprint density at radius 3 is 2.73 bits per heavy atom. The molecule has 1 amide bonds. The van der Waals surface area contributed by atoms with Crippen LogP contribution in [0.15, 0.2) is 18.2 Å². The van der Waals surface area contributed by atoms with Crippen LogP contribution in [-0.4, -0.2) is 73.4 Å². The molecule has 0 spiro atoms. The summed E-state index contributed by atoms with van der Waals surface area (Å²) in [6, 6.07) is 4.58. The summed E-state index contributed by atoms with van der Waals surface area (Å²) in [5.41, 5.74) is 0.831. The molecule has 0 radical (unpaired) electrons. The largest absolute Gasteiger partial charge is 0.395 e. The smallest absolute Gasteiger partial charge is 0.256 e. The van der Waals surface area contributed by atoms with E-state index in [1.807, 2.05) is 0 Å². The predicted octanol–water partition coefficient (Wildman–Crippen LogP) is 0.901. The first-order valence-electron chi connectivity index (χ1n) is 7.58. The van der Waals surface area contributed by atoms with Gasteiger partial charge < -0.3 is 14.7 Å². The topological polar surface area (TPSA) is 53.0 Å². The van der Waals surface area contributed by atoms with Gasteiger partial charge in [0, 0.05) is 32.7 Å². The first-order chi connectivity index (χ1) is 10.6. The lowest BCUT2D eigenvalue weighted by molar-refractivity contribution is 0.0315. The van der Waals surface area contributed by atoms with Crippen molar-refractivity contribution in [3.05, 3.63) is 35.1 Å². The van der Waals surface area contributed by atoms with Crippen molar-refractivity contribution in [1.82, 2.24) is 9.80 Å². The van der Waals surface area contributed by atoms with Crippen molar-refractivity contribution in [1.29, 1.82) is 0 Å². The maximum Gasteiger partial charge on any atom is 0.256 e. The Hall–Kier alpha value is -1.50. The second kappa shape index (κ2) is 8.22. The fraction of sp³-hybridized carbons (Fsp3) is 0.562. The van der Waals surface area contributed by atoms with Crippen LogP contribution in [0.5, 0.6) is 0 Å². The summed E-state index contributed by atoms with van der Waals surface area (Å²) in [6.07, 6.45) is 0. The number of rotatable bonds is 6. The summed E-state index contributed by atoms with van der Waals surface area (Å²) in [6.45, 7) is 6.07. The van der Waals surface area contributed by atoms with Crippen LogP contribution in [0.3, 0.4) is 0 Å². The fourth-order valence-corrected chi connectivity index (χ4v) is 2.49. The third-order valence-electron chi connectivity index (χ3n) is 3.80. The molecule has 1 aliphatic heterocycles. The van der Waals surface area contributed by atoms with E-state index in [0.29, 0.717) is 26.3 Å². The predicted molar refractivity (Wildman–Crippen MR) is 81.4 cm³/mol. The van der Waals surface area contributed by atoms with Crippen molar-refractivity contribution in [2.75, 3.05) is 52.5 Å². The van der Waals surface area contributed by atoms with Gasteiger partial charge in [-0.2, -0.15) is 0 Å². The van der Waals surface area contributed by atoms with E-state index in [1.165, 1.54) is 17.0 Å².